The Labute approximate surface area is 102 Å². The normalized spacial score (nSPS) is 10.8. The van der Waals surface area contributed by atoms with E-state index in [1.54, 1.807) is 6.92 Å². The Kier molecular flexibility index (Phi) is 5.56. The highest BCUT2D eigenvalue weighted by Crippen LogP contribution is 2.20. The molecule has 16 heavy (non-hydrogen) atoms. The molecule has 0 aliphatic carbocycles. The third-order valence-corrected chi connectivity index (χ3v) is 3.34. The molecule has 1 rings (SSSR count). The summed E-state index contributed by atoms with van der Waals surface area (Å²) in [5, 5.41) is 0. The van der Waals surface area contributed by atoms with E-state index in [2.05, 4.69) is 25.1 Å². The summed E-state index contributed by atoms with van der Waals surface area (Å²) in [7, 11) is 4.17. The van der Waals surface area contributed by atoms with Gasteiger partial charge in [-0.1, -0.05) is 12.1 Å². The standard InChI is InChI=1S/C13H19NOS/c1-11(15)12-6-4-7-13(10-12)16-9-5-8-14(2)3/h4,6-7,10H,5,8-9H2,1-3H3. The van der Waals surface area contributed by atoms with Gasteiger partial charge in [0.25, 0.3) is 0 Å². The Balaban J connectivity index is 2.42. The van der Waals surface area contributed by atoms with E-state index in [1.807, 2.05) is 30.0 Å². The van der Waals surface area contributed by atoms with Crippen molar-refractivity contribution in [3.05, 3.63) is 29.8 Å². The number of ketones is 1. The third kappa shape index (κ3) is 4.81. The van der Waals surface area contributed by atoms with Gasteiger partial charge in [0.05, 0.1) is 0 Å². The van der Waals surface area contributed by atoms with Crippen LogP contribution in [0.3, 0.4) is 0 Å². The van der Waals surface area contributed by atoms with Gasteiger partial charge in [0.2, 0.25) is 0 Å². The Hall–Kier alpha value is -0.800. The second-order valence-corrected chi connectivity index (χ2v) is 5.26. The summed E-state index contributed by atoms with van der Waals surface area (Å²) in [6, 6.07) is 7.85. The minimum atomic E-state index is 0.135. The zero-order valence-electron chi connectivity index (χ0n) is 10.2. The predicted molar refractivity (Wildman–Crippen MR) is 70.3 cm³/mol. The minimum Gasteiger partial charge on any atom is -0.309 e. The van der Waals surface area contributed by atoms with Gasteiger partial charge in [0, 0.05) is 10.5 Å². The smallest absolute Gasteiger partial charge is 0.159 e. The summed E-state index contributed by atoms with van der Waals surface area (Å²) < 4.78 is 0. The molecule has 0 aliphatic rings. The maximum Gasteiger partial charge on any atom is 0.159 e. The fourth-order valence-electron chi connectivity index (χ4n) is 1.38. The fourth-order valence-corrected chi connectivity index (χ4v) is 2.27. The second kappa shape index (κ2) is 6.71. The van der Waals surface area contributed by atoms with E-state index in [1.165, 1.54) is 11.3 Å². The summed E-state index contributed by atoms with van der Waals surface area (Å²) in [5.41, 5.74) is 0.803. The van der Waals surface area contributed by atoms with Gasteiger partial charge in [-0.2, -0.15) is 0 Å². The molecule has 88 valence electrons. The van der Waals surface area contributed by atoms with Crippen LogP contribution in [0.2, 0.25) is 0 Å². The van der Waals surface area contributed by atoms with E-state index in [9.17, 15) is 4.79 Å². The summed E-state index contributed by atoms with van der Waals surface area (Å²) in [6.07, 6.45) is 1.17. The average Bonchev–Trinajstić information content (AvgIpc) is 2.24. The first-order valence-corrected chi connectivity index (χ1v) is 6.46. The molecule has 0 saturated heterocycles. The number of rotatable bonds is 6. The maximum atomic E-state index is 11.2. The summed E-state index contributed by atoms with van der Waals surface area (Å²) in [4.78, 5) is 14.6. The first-order valence-electron chi connectivity index (χ1n) is 5.48. The van der Waals surface area contributed by atoms with Crippen molar-refractivity contribution in [3.63, 3.8) is 0 Å². The van der Waals surface area contributed by atoms with Gasteiger partial charge >= 0.3 is 0 Å². The molecule has 0 radical (unpaired) electrons. The van der Waals surface area contributed by atoms with Crippen molar-refractivity contribution in [3.8, 4) is 0 Å². The largest absolute Gasteiger partial charge is 0.309 e. The van der Waals surface area contributed by atoms with Crippen LogP contribution in [0.15, 0.2) is 29.2 Å². The molecule has 0 atom stereocenters. The SMILES string of the molecule is CC(=O)c1cccc(SCCCN(C)C)c1. The number of carbonyl (C=O) groups excluding carboxylic acids is 1. The molecule has 0 aromatic heterocycles. The highest BCUT2D eigenvalue weighted by atomic mass is 32.2. The van der Waals surface area contributed by atoms with E-state index < -0.39 is 0 Å². The zero-order valence-corrected chi connectivity index (χ0v) is 11.0. The number of thioether (sulfide) groups is 1. The molecule has 0 bridgehead atoms. The fraction of sp³-hybridized carbons (Fsp3) is 0.462. The molecule has 0 N–H and O–H groups in total. The molecule has 0 heterocycles. The van der Waals surface area contributed by atoms with Crippen LogP contribution in [0, 0.1) is 0 Å². The molecular weight excluding hydrogens is 218 g/mol. The molecule has 2 nitrogen and oxygen atoms in total. The molecule has 1 aromatic carbocycles. The summed E-state index contributed by atoms with van der Waals surface area (Å²) in [5.74, 6) is 1.23. The average molecular weight is 237 g/mol. The number of carbonyl (C=O) groups is 1. The lowest BCUT2D eigenvalue weighted by atomic mass is 10.2. The Bertz CT molecular complexity index is 350. The van der Waals surface area contributed by atoms with Gasteiger partial charge in [0.15, 0.2) is 5.78 Å². The van der Waals surface area contributed by atoms with Crippen LogP contribution in [0.5, 0.6) is 0 Å². The number of Topliss-reactive ketones (excluding diaryl/α,β-unsaturated/α-hetero) is 1. The number of hydrogen-bond acceptors (Lipinski definition) is 3. The molecular formula is C13H19NOS. The summed E-state index contributed by atoms with van der Waals surface area (Å²) in [6.45, 7) is 2.72. The van der Waals surface area contributed by atoms with Crippen molar-refractivity contribution in [2.24, 2.45) is 0 Å². The van der Waals surface area contributed by atoms with Crippen LogP contribution in [0.25, 0.3) is 0 Å². The van der Waals surface area contributed by atoms with Gasteiger partial charge in [-0.3, -0.25) is 4.79 Å². The Morgan fingerprint density at radius 1 is 1.38 bits per heavy atom. The summed E-state index contributed by atoms with van der Waals surface area (Å²) >= 11 is 1.82. The molecule has 3 heteroatoms. The maximum absolute atomic E-state index is 11.2. The number of hydrogen-bond donors (Lipinski definition) is 0. The lowest BCUT2D eigenvalue weighted by Crippen LogP contribution is -2.13. The first-order chi connectivity index (χ1) is 7.59. The van der Waals surface area contributed by atoms with E-state index in [0.717, 1.165) is 17.9 Å². The van der Waals surface area contributed by atoms with Crippen LogP contribution in [0.4, 0.5) is 0 Å². The minimum absolute atomic E-state index is 0.135. The quantitative estimate of drug-likeness (QED) is 0.431. The molecule has 0 aliphatic heterocycles. The van der Waals surface area contributed by atoms with Crippen molar-refractivity contribution in [1.82, 2.24) is 4.90 Å². The monoisotopic (exact) mass is 237 g/mol. The first kappa shape index (κ1) is 13.3. The van der Waals surface area contributed by atoms with Crippen molar-refractivity contribution in [1.29, 1.82) is 0 Å². The van der Waals surface area contributed by atoms with Crippen LogP contribution < -0.4 is 0 Å². The van der Waals surface area contributed by atoms with E-state index in [0.29, 0.717) is 0 Å². The highest BCUT2D eigenvalue weighted by molar-refractivity contribution is 7.99. The molecule has 0 fully saturated rings. The van der Waals surface area contributed by atoms with Crippen LogP contribution in [-0.4, -0.2) is 37.1 Å². The van der Waals surface area contributed by atoms with E-state index >= 15 is 0 Å². The van der Waals surface area contributed by atoms with Crippen molar-refractivity contribution in [2.45, 2.75) is 18.2 Å². The highest BCUT2D eigenvalue weighted by Gasteiger charge is 2.00. The molecule has 0 saturated carbocycles. The van der Waals surface area contributed by atoms with Gasteiger partial charge in [-0.05, 0) is 51.9 Å². The van der Waals surface area contributed by atoms with Crippen molar-refractivity contribution in [2.75, 3.05) is 26.4 Å². The predicted octanol–water partition coefficient (Wildman–Crippen LogP) is 2.93. The zero-order chi connectivity index (χ0) is 12.0. The molecule has 0 unspecified atom stereocenters. The second-order valence-electron chi connectivity index (χ2n) is 4.09. The van der Waals surface area contributed by atoms with E-state index in [4.69, 9.17) is 0 Å². The third-order valence-electron chi connectivity index (χ3n) is 2.26. The molecule has 0 amide bonds. The Morgan fingerprint density at radius 3 is 2.75 bits per heavy atom. The number of nitrogens with zero attached hydrogens (tertiary/aromatic N) is 1. The van der Waals surface area contributed by atoms with Gasteiger partial charge in [0.1, 0.15) is 0 Å². The Morgan fingerprint density at radius 2 is 2.12 bits per heavy atom. The number of benzene rings is 1. The topological polar surface area (TPSA) is 20.3 Å². The van der Waals surface area contributed by atoms with Crippen molar-refractivity contribution >= 4 is 17.5 Å². The van der Waals surface area contributed by atoms with Crippen LogP contribution in [-0.2, 0) is 0 Å². The van der Waals surface area contributed by atoms with Gasteiger partial charge in [-0.15, -0.1) is 11.8 Å². The van der Waals surface area contributed by atoms with Crippen LogP contribution in [0.1, 0.15) is 23.7 Å². The molecule has 0 spiro atoms. The lowest BCUT2D eigenvalue weighted by Gasteiger charge is -2.08. The van der Waals surface area contributed by atoms with Crippen molar-refractivity contribution < 1.29 is 4.79 Å². The molecule has 1 aromatic rings. The van der Waals surface area contributed by atoms with Crippen LogP contribution >= 0.6 is 11.8 Å². The van der Waals surface area contributed by atoms with E-state index in [-0.39, 0.29) is 5.78 Å². The van der Waals surface area contributed by atoms with Gasteiger partial charge < -0.3 is 4.90 Å². The van der Waals surface area contributed by atoms with Gasteiger partial charge in [-0.25, -0.2) is 0 Å². The lowest BCUT2D eigenvalue weighted by molar-refractivity contribution is 0.101.